The Balaban J connectivity index is 1.30. The highest BCUT2D eigenvalue weighted by Crippen LogP contribution is 2.34. The van der Waals surface area contributed by atoms with Crippen LogP contribution in [-0.4, -0.2) is 33.0 Å². The van der Waals surface area contributed by atoms with Gasteiger partial charge >= 0.3 is 6.03 Å². The Labute approximate surface area is 217 Å². The average Bonchev–Trinajstić information content (AvgIpc) is 2.95. The van der Waals surface area contributed by atoms with Crippen LogP contribution >= 0.6 is 0 Å². The Kier molecular flexibility index (Phi) is 7.87. The lowest BCUT2D eigenvalue weighted by Crippen LogP contribution is -2.20. The second-order valence-corrected chi connectivity index (χ2v) is 9.21. The molecule has 1 saturated heterocycles. The van der Waals surface area contributed by atoms with Gasteiger partial charge in [-0.1, -0.05) is 60.7 Å². The van der Waals surface area contributed by atoms with Crippen LogP contribution in [0.4, 0.5) is 16.2 Å². The van der Waals surface area contributed by atoms with Crippen LogP contribution in [0, 0.1) is 5.92 Å². The molecule has 2 amide bonds. The first-order chi connectivity index (χ1) is 18.2. The SMILES string of the molecule is COc1ccc(-c2ccccc2)cc1NC(=O)Nc1ccc(OCCC2CCOCC2)c2ccccc12. The fourth-order valence-electron chi connectivity index (χ4n) is 4.77. The molecule has 6 heteroatoms. The third kappa shape index (κ3) is 6.04. The number of methoxy groups -OCH3 is 1. The number of amides is 2. The summed E-state index contributed by atoms with van der Waals surface area (Å²) in [4.78, 5) is 13.1. The lowest BCUT2D eigenvalue weighted by atomic mass is 9.97. The molecule has 1 fully saturated rings. The molecule has 6 nitrogen and oxygen atoms in total. The van der Waals surface area contributed by atoms with Crippen molar-refractivity contribution in [3.63, 3.8) is 0 Å². The van der Waals surface area contributed by atoms with Crippen molar-refractivity contribution in [2.24, 2.45) is 5.92 Å². The first-order valence-electron chi connectivity index (χ1n) is 12.7. The fourth-order valence-corrected chi connectivity index (χ4v) is 4.77. The molecule has 190 valence electrons. The van der Waals surface area contributed by atoms with Gasteiger partial charge in [-0.25, -0.2) is 4.79 Å². The van der Waals surface area contributed by atoms with Gasteiger partial charge in [0.1, 0.15) is 11.5 Å². The minimum absolute atomic E-state index is 0.346. The minimum atomic E-state index is -0.346. The molecule has 4 aromatic carbocycles. The van der Waals surface area contributed by atoms with E-state index in [0.29, 0.717) is 29.6 Å². The monoisotopic (exact) mass is 496 g/mol. The van der Waals surface area contributed by atoms with E-state index in [1.807, 2.05) is 84.9 Å². The van der Waals surface area contributed by atoms with Gasteiger partial charge in [0.15, 0.2) is 0 Å². The number of carbonyl (C=O) groups excluding carboxylic acids is 1. The quantitative estimate of drug-likeness (QED) is 0.267. The summed E-state index contributed by atoms with van der Waals surface area (Å²) in [5.74, 6) is 2.07. The van der Waals surface area contributed by atoms with Crippen molar-refractivity contribution in [2.45, 2.75) is 19.3 Å². The largest absolute Gasteiger partial charge is 0.495 e. The molecule has 0 radical (unpaired) electrons. The molecule has 0 saturated carbocycles. The molecule has 1 heterocycles. The van der Waals surface area contributed by atoms with Gasteiger partial charge in [-0.3, -0.25) is 0 Å². The highest BCUT2D eigenvalue weighted by atomic mass is 16.5. The first kappa shape index (κ1) is 24.7. The van der Waals surface area contributed by atoms with E-state index in [1.165, 1.54) is 0 Å². The van der Waals surface area contributed by atoms with Crippen molar-refractivity contribution in [3.8, 4) is 22.6 Å². The van der Waals surface area contributed by atoms with Crippen LogP contribution in [0.2, 0.25) is 0 Å². The number of nitrogens with one attached hydrogen (secondary N) is 2. The highest BCUT2D eigenvalue weighted by molar-refractivity contribution is 6.08. The number of anilines is 2. The minimum Gasteiger partial charge on any atom is -0.495 e. The Morgan fingerprint density at radius 2 is 1.51 bits per heavy atom. The summed E-state index contributed by atoms with van der Waals surface area (Å²) in [7, 11) is 1.59. The maximum atomic E-state index is 13.1. The average molecular weight is 497 g/mol. The Morgan fingerprint density at radius 1 is 0.811 bits per heavy atom. The molecule has 4 aromatic rings. The number of fused-ring (bicyclic) bond motifs is 1. The zero-order chi connectivity index (χ0) is 25.5. The highest BCUT2D eigenvalue weighted by Gasteiger charge is 2.15. The molecule has 0 atom stereocenters. The molecule has 0 aromatic heterocycles. The molecule has 5 rings (SSSR count). The molecular formula is C31H32N2O4. The lowest BCUT2D eigenvalue weighted by Gasteiger charge is -2.22. The van der Waals surface area contributed by atoms with E-state index in [-0.39, 0.29) is 6.03 Å². The fraction of sp³-hybridized carbons (Fsp3) is 0.258. The van der Waals surface area contributed by atoms with Crippen LogP contribution in [0.3, 0.4) is 0 Å². The number of urea groups is 1. The van der Waals surface area contributed by atoms with E-state index >= 15 is 0 Å². The predicted molar refractivity (Wildman–Crippen MR) is 149 cm³/mol. The maximum Gasteiger partial charge on any atom is 0.323 e. The summed E-state index contributed by atoms with van der Waals surface area (Å²) in [5.41, 5.74) is 3.36. The second-order valence-electron chi connectivity index (χ2n) is 9.21. The Morgan fingerprint density at radius 3 is 2.30 bits per heavy atom. The van der Waals surface area contributed by atoms with Gasteiger partial charge in [0.2, 0.25) is 0 Å². The van der Waals surface area contributed by atoms with Crippen molar-refractivity contribution in [2.75, 3.05) is 37.6 Å². The van der Waals surface area contributed by atoms with Gasteiger partial charge in [-0.2, -0.15) is 0 Å². The summed E-state index contributed by atoms with van der Waals surface area (Å²) in [5, 5.41) is 7.85. The van der Waals surface area contributed by atoms with E-state index in [2.05, 4.69) is 10.6 Å². The number of carbonyl (C=O) groups is 1. The van der Waals surface area contributed by atoms with Crippen molar-refractivity contribution >= 4 is 28.2 Å². The van der Waals surface area contributed by atoms with Crippen LogP contribution < -0.4 is 20.1 Å². The van der Waals surface area contributed by atoms with Crippen LogP contribution in [0.25, 0.3) is 21.9 Å². The summed E-state index contributed by atoms with van der Waals surface area (Å²) in [6.07, 6.45) is 3.21. The summed E-state index contributed by atoms with van der Waals surface area (Å²) < 4.78 is 17.1. The van der Waals surface area contributed by atoms with E-state index in [1.54, 1.807) is 7.11 Å². The van der Waals surface area contributed by atoms with Gasteiger partial charge in [0.05, 0.1) is 25.1 Å². The van der Waals surface area contributed by atoms with Crippen molar-refractivity contribution in [1.82, 2.24) is 0 Å². The number of ether oxygens (including phenoxy) is 3. The van der Waals surface area contributed by atoms with Crippen LogP contribution in [-0.2, 0) is 4.74 Å². The number of hydrogen-bond acceptors (Lipinski definition) is 4. The Hall–Kier alpha value is -4.03. The third-order valence-electron chi connectivity index (χ3n) is 6.81. The summed E-state index contributed by atoms with van der Waals surface area (Å²) >= 11 is 0. The molecule has 1 aliphatic rings. The van der Waals surface area contributed by atoms with Gasteiger partial charge in [-0.05, 0) is 60.6 Å². The second kappa shape index (κ2) is 11.8. The smallest absolute Gasteiger partial charge is 0.323 e. The van der Waals surface area contributed by atoms with Crippen molar-refractivity contribution < 1.29 is 19.0 Å². The van der Waals surface area contributed by atoms with Crippen molar-refractivity contribution in [1.29, 1.82) is 0 Å². The van der Waals surface area contributed by atoms with E-state index < -0.39 is 0 Å². The van der Waals surface area contributed by atoms with E-state index in [9.17, 15) is 4.79 Å². The number of hydrogen-bond donors (Lipinski definition) is 2. The molecule has 0 unspecified atom stereocenters. The molecular weight excluding hydrogens is 464 g/mol. The van der Waals surface area contributed by atoms with E-state index in [4.69, 9.17) is 14.2 Å². The maximum absolute atomic E-state index is 13.1. The normalized spacial score (nSPS) is 13.8. The summed E-state index contributed by atoms with van der Waals surface area (Å²) in [6, 6.07) is 27.2. The van der Waals surface area contributed by atoms with Crippen LogP contribution in [0.1, 0.15) is 19.3 Å². The number of benzene rings is 4. The van der Waals surface area contributed by atoms with Crippen molar-refractivity contribution in [3.05, 3.63) is 84.9 Å². The molecule has 0 aliphatic carbocycles. The zero-order valence-electron chi connectivity index (χ0n) is 21.0. The topological polar surface area (TPSA) is 68.8 Å². The van der Waals surface area contributed by atoms with Gasteiger partial charge in [0, 0.05) is 24.0 Å². The van der Waals surface area contributed by atoms with Crippen LogP contribution in [0.5, 0.6) is 11.5 Å². The molecule has 0 bridgehead atoms. The number of rotatable bonds is 8. The molecule has 2 N–H and O–H groups in total. The van der Waals surface area contributed by atoms with Gasteiger partial charge in [0.25, 0.3) is 0 Å². The molecule has 37 heavy (non-hydrogen) atoms. The zero-order valence-corrected chi connectivity index (χ0v) is 21.0. The van der Waals surface area contributed by atoms with Gasteiger partial charge in [-0.15, -0.1) is 0 Å². The third-order valence-corrected chi connectivity index (χ3v) is 6.81. The van der Waals surface area contributed by atoms with E-state index in [0.717, 1.165) is 60.1 Å². The molecule has 1 aliphatic heterocycles. The van der Waals surface area contributed by atoms with Crippen LogP contribution in [0.15, 0.2) is 84.9 Å². The Bertz CT molecular complexity index is 1350. The standard InChI is InChI=1S/C31H32N2O4/c1-35-30-13-11-24(23-7-3-2-4-8-23)21-28(30)33-31(34)32-27-12-14-29(26-10-6-5-9-25(26)27)37-20-17-22-15-18-36-19-16-22/h2-14,21-22H,15-20H2,1H3,(H2,32,33,34). The molecule has 0 spiro atoms. The lowest BCUT2D eigenvalue weighted by molar-refractivity contribution is 0.0594. The van der Waals surface area contributed by atoms with Gasteiger partial charge < -0.3 is 24.8 Å². The first-order valence-corrected chi connectivity index (χ1v) is 12.7. The predicted octanol–water partition coefficient (Wildman–Crippen LogP) is 7.35. The summed E-state index contributed by atoms with van der Waals surface area (Å²) in [6.45, 7) is 2.36.